The molecule has 7 heteroatoms. The molecule has 0 radical (unpaired) electrons. The molecule has 0 bridgehead atoms. The maximum Gasteiger partial charge on any atom is 0.243 e. The van der Waals surface area contributed by atoms with Gasteiger partial charge in [-0.2, -0.15) is 4.31 Å². The molecule has 0 aromatic heterocycles. The molecule has 0 saturated carbocycles. The van der Waals surface area contributed by atoms with Crippen LogP contribution in [0.2, 0.25) is 0 Å². The maximum absolute atomic E-state index is 13.1. The van der Waals surface area contributed by atoms with Crippen LogP contribution in [0, 0.1) is 0 Å². The summed E-state index contributed by atoms with van der Waals surface area (Å²) in [5.74, 6) is 1.12. The Hall–Kier alpha value is -1.31. The zero-order valence-corrected chi connectivity index (χ0v) is 14.3. The van der Waals surface area contributed by atoms with Gasteiger partial charge in [0.25, 0.3) is 0 Å². The fourth-order valence-electron chi connectivity index (χ4n) is 3.13. The fraction of sp³-hybridized carbons (Fsp3) is 0.625. The van der Waals surface area contributed by atoms with Gasteiger partial charge in [0.05, 0.1) is 4.90 Å². The molecule has 0 unspecified atom stereocenters. The molecule has 0 aliphatic carbocycles. The molecule has 23 heavy (non-hydrogen) atoms. The molecule has 2 aliphatic heterocycles. The van der Waals surface area contributed by atoms with E-state index in [0.29, 0.717) is 31.3 Å². The van der Waals surface area contributed by atoms with Gasteiger partial charge in [0.1, 0.15) is 13.2 Å². The monoisotopic (exact) mass is 340 g/mol. The van der Waals surface area contributed by atoms with Gasteiger partial charge in [-0.15, -0.1) is 0 Å². The number of nitrogens with zero attached hydrogens (tertiary/aromatic N) is 1. The van der Waals surface area contributed by atoms with Crippen molar-refractivity contribution in [3.05, 3.63) is 18.2 Å². The van der Waals surface area contributed by atoms with E-state index in [1.807, 2.05) is 6.92 Å². The standard InChI is InChI=1S/C16H24N2O4S/c1-2-9-18(13-5-7-17-8-6-13)23(19,20)14-3-4-15-16(12-14)22-11-10-21-15/h3-4,12-13,17H,2,5-11H2,1H3. The van der Waals surface area contributed by atoms with Crippen LogP contribution < -0.4 is 14.8 Å². The second-order valence-corrected chi connectivity index (χ2v) is 7.79. The molecule has 0 atom stereocenters. The molecular weight excluding hydrogens is 316 g/mol. The van der Waals surface area contributed by atoms with Crippen LogP contribution in [0.1, 0.15) is 26.2 Å². The highest BCUT2D eigenvalue weighted by Gasteiger charge is 2.32. The molecule has 3 rings (SSSR count). The molecule has 6 nitrogen and oxygen atoms in total. The van der Waals surface area contributed by atoms with Crippen LogP contribution in [-0.2, 0) is 10.0 Å². The average Bonchev–Trinajstić information content (AvgIpc) is 2.60. The van der Waals surface area contributed by atoms with E-state index in [2.05, 4.69) is 5.32 Å². The predicted octanol–water partition coefficient (Wildman–Crippen LogP) is 1.61. The van der Waals surface area contributed by atoms with Crippen molar-refractivity contribution in [3.8, 4) is 11.5 Å². The lowest BCUT2D eigenvalue weighted by atomic mass is 10.1. The minimum atomic E-state index is -3.53. The molecule has 1 fully saturated rings. The molecule has 0 spiro atoms. The molecule has 1 N–H and O–H groups in total. The Morgan fingerprint density at radius 2 is 1.87 bits per heavy atom. The zero-order valence-electron chi connectivity index (χ0n) is 13.5. The molecule has 2 aliphatic rings. The van der Waals surface area contributed by atoms with Crippen molar-refractivity contribution >= 4 is 10.0 Å². The number of sulfonamides is 1. The molecule has 1 aromatic rings. The second kappa shape index (κ2) is 7.07. The van der Waals surface area contributed by atoms with E-state index in [4.69, 9.17) is 9.47 Å². The summed E-state index contributed by atoms with van der Waals surface area (Å²) in [5, 5.41) is 3.29. The molecule has 1 saturated heterocycles. The smallest absolute Gasteiger partial charge is 0.243 e. The Morgan fingerprint density at radius 3 is 2.57 bits per heavy atom. The predicted molar refractivity (Wildman–Crippen MR) is 87.5 cm³/mol. The van der Waals surface area contributed by atoms with Crippen LogP contribution >= 0.6 is 0 Å². The van der Waals surface area contributed by atoms with Gasteiger partial charge in [-0.1, -0.05) is 6.92 Å². The van der Waals surface area contributed by atoms with Gasteiger partial charge in [0.15, 0.2) is 11.5 Å². The normalized spacial score (nSPS) is 19.0. The Balaban J connectivity index is 1.90. The number of benzene rings is 1. The number of hydrogen-bond donors (Lipinski definition) is 1. The number of fused-ring (bicyclic) bond motifs is 1. The average molecular weight is 340 g/mol. The second-order valence-electron chi connectivity index (χ2n) is 5.90. The number of rotatable bonds is 5. The topological polar surface area (TPSA) is 67.9 Å². The lowest BCUT2D eigenvalue weighted by Crippen LogP contribution is -2.46. The lowest BCUT2D eigenvalue weighted by molar-refractivity contribution is 0.171. The SMILES string of the molecule is CCCN(C1CCNCC1)S(=O)(=O)c1ccc2c(c1)OCCO2. The van der Waals surface area contributed by atoms with Crippen molar-refractivity contribution < 1.29 is 17.9 Å². The summed E-state index contributed by atoms with van der Waals surface area (Å²) in [4.78, 5) is 0.286. The van der Waals surface area contributed by atoms with Crippen molar-refractivity contribution in [2.24, 2.45) is 0 Å². The first kappa shape index (κ1) is 16.5. The van der Waals surface area contributed by atoms with Crippen molar-refractivity contribution in [3.63, 3.8) is 0 Å². The molecule has 1 aromatic carbocycles. The largest absolute Gasteiger partial charge is 0.486 e. The summed E-state index contributed by atoms with van der Waals surface area (Å²) in [6.45, 7) is 5.22. The Labute approximate surface area is 137 Å². The van der Waals surface area contributed by atoms with E-state index in [0.717, 1.165) is 32.4 Å². The van der Waals surface area contributed by atoms with Crippen molar-refractivity contribution in [2.75, 3.05) is 32.8 Å². The first-order chi connectivity index (χ1) is 11.1. The van der Waals surface area contributed by atoms with Crippen LogP contribution in [-0.4, -0.2) is 51.6 Å². The third-order valence-corrected chi connectivity index (χ3v) is 6.23. The van der Waals surface area contributed by atoms with Crippen LogP contribution in [0.5, 0.6) is 11.5 Å². The third kappa shape index (κ3) is 3.46. The lowest BCUT2D eigenvalue weighted by Gasteiger charge is -2.33. The number of nitrogens with one attached hydrogen (secondary N) is 1. The van der Waals surface area contributed by atoms with Crippen LogP contribution in [0.15, 0.2) is 23.1 Å². The summed E-state index contributed by atoms with van der Waals surface area (Å²) in [7, 11) is -3.53. The fourth-order valence-corrected chi connectivity index (χ4v) is 4.93. The first-order valence-electron chi connectivity index (χ1n) is 8.25. The maximum atomic E-state index is 13.1. The highest BCUT2D eigenvalue weighted by molar-refractivity contribution is 7.89. The van der Waals surface area contributed by atoms with E-state index in [1.54, 1.807) is 22.5 Å². The third-order valence-electron chi connectivity index (χ3n) is 4.28. The molecular formula is C16H24N2O4S. The van der Waals surface area contributed by atoms with Gasteiger partial charge in [-0.05, 0) is 44.5 Å². The van der Waals surface area contributed by atoms with E-state index >= 15 is 0 Å². The summed E-state index contributed by atoms with van der Waals surface area (Å²) >= 11 is 0. The quantitative estimate of drug-likeness (QED) is 0.882. The van der Waals surface area contributed by atoms with E-state index < -0.39 is 10.0 Å². The van der Waals surface area contributed by atoms with Crippen molar-refractivity contribution in [1.29, 1.82) is 0 Å². The van der Waals surface area contributed by atoms with Gasteiger partial charge < -0.3 is 14.8 Å². The number of ether oxygens (including phenoxy) is 2. The molecule has 0 amide bonds. The Kier molecular flexibility index (Phi) is 5.08. The summed E-state index contributed by atoms with van der Waals surface area (Å²) in [5.41, 5.74) is 0. The van der Waals surface area contributed by atoms with Gasteiger partial charge in [0.2, 0.25) is 10.0 Å². The van der Waals surface area contributed by atoms with Crippen LogP contribution in [0.25, 0.3) is 0 Å². The first-order valence-corrected chi connectivity index (χ1v) is 9.69. The van der Waals surface area contributed by atoms with Crippen molar-refractivity contribution in [2.45, 2.75) is 37.1 Å². The molecule has 128 valence electrons. The minimum absolute atomic E-state index is 0.0643. The van der Waals surface area contributed by atoms with Crippen LogP contribution in [0.4, 0.5) is 0 Å². The summed E-state index contributed by atoms with van der Waals surface area (Å²) in [6, 6.07) is 4.96. The molecule has 2 heterocycles. The number of piperidine rings is 1. The zero-order chi connectivity index (χ0) is 16.3. The minimum Gasteiger partial charge on any atom is -0.486 e. The highest BCUT2D eigenvalue weighted by atomic mass is 32.2. The summed E-state index contributed by atoms with van der Waals surface area (Å²) < 4.78 is 38.9. The number of hydrogen-bond acceptors (Lipinski definition) is 5. The Morgan fingerprint density at radius 1 is 1.17 bits per heavy atom. The van der Waals surface area contributed by atoms with E-state index in [1.165, 1.54) is 0 Å². The Bertz CT molecular complexity index is 641. The van der Waals surface area contributed by atoms with Crippen LogP contribution in [0.3, 0.4) is 0 Å². The van der Waals surface area contributed by atoms with Gasteiger partial charge >= 0.3 is 0 Å². The van der Waals surface area contributed by atoms with Crippen molar-refractivity contribution in [1.82, 2.24) is 9.62 Å². The summed E-state index contributed by atoms with van der Waals surface area (Å²) in [6.07, 6.45) is 2.50. The van der Waals surface area contributed by atoms with E-state index in [-0.39, 0.29) is 10.9 Å². The van der Waals surface area contributed by atoms with Gasteiger partial charge in [-0.25, -0.2) is 8.42 Å². The van der Waals surface area contributed by atoms with Gasteiger partial charge in [-0.3, -0.25) is 0 Å². The van der Waals surface area contributed by atoms with E-state index in [9.17, 15) is 8.42 Å². The highest BCUT2D eigenvalue weighted by Crippen LogP contribution is 2.34. The van der Waals surface area contributed by atoms with Gasteiger partial charge in [0, 0.05) is 18.7 Å².